The number of nitrogens with one attached hydrogen (secondary N) is 2. The van der Waals surface area contributed by atoms with E-state index < -0.39 is 0 Å². The number of anilines is 1. The van der Waals surface area contributed by atoms with Gasteiger partial charge in [-0.3, -0.25) is 9.59 Å². The Balaban J connectivity index is 2.53. The largest absolute Gasteiger partial charge is 0.353 e. The van der Waals surface area contributed by atoms with Crippen molar-refractivity contribution in [3.63, 3.8) is 0 Å². The van der Waals surface area contributed by atoms with Gasteiger partial charge in [0.2, 0.25) is 11.8 Å². The van der Waals surface area contributed by atoms with E-state index in [-0.39, 0.29) is 17.9 Å². The van der Waals surface area contributed by atoms with Crippen molar-refractivity contribution in [2.75, 3.05) is 5.32 Å². The number of carbonyl (C=O) groups excluding carboxylic acids is 2. The van der Waals surface area contributed by atoms with E-state index in [0.717, 1.165) is 24.1 Å². The molecule has 1 aromatic rings. The van der Waals surface area contributed by atoms with Gasteiger partial charge in [-0.1, -0.05) is 26.0 Å². The van der Waals surface area contributed by atoms with Crippen LogP contribution in [0.2, 0.25) is 0 Å². The molecular weight excluding hydrogens is 240 g/mol. The Morgan fingerprint density at radius 1 is 1.11 bits per heavy atom. The van der Waals surface area contributed by atoms with Crippen LogP contribution in [-0.2, 0) is 16.0 Å². The van der Waals surface area contributed by atoms with Crippen LogP contribution in [0, 0.1) is 0 Å². The predicted molar refractivity (Wildman–Crippen MR) is 77.0 cm³/mol. The molecule has 1 aromatic carbocycles. The third-order valence-corrected chi connectivity index (χ3v) is 2.99. The highest BCUT2D eigenvalue weighted by molar-refractivity contribution is 5.88. The van der Waals surface area contributed by atoms with Crippen molar-refractivity contribution in [3.05, 3.63) is 29.8 Å². The SMILES string of the molecule is CCC(CC)NC(=O)Cc1ccc(NC(C)=O)cc1. The highest BCUT2D eigenvalue weighted by atomic mass is 16.2. The zero-order valence-electron chi connectivity index (χ0n) is 11.8. The Morgan fingerprint density at radius 2 is 1.68 bits per heavy atom. The molecule has 0 heterocycles. The van der Waals surface area contributed by atoms with Crippen LogP contribution in [-0.4, -0.2) is 17.9 Å². The monoisotopic (exact) mass is 262 g/mol. The maximum atomic E-state index is 11.8. The summed E-state index contributed by atoms with van der Waals surface area (Å²) >= 11 is 0. The van der Waals surface area contributed by atoms with Crippen LogP contribution >= 0.6 is 0 Å². The van der Waals surface area contributed by atoms with Crippen molar-refractivity contribution in [2.45, 2.75) is 46.1 Å². The van der Waals surface area contributed by atoms with Gasteiger partial charge in [-0.05, 0) is 30.5 Å². The van der Waals surface area contributed by atoms with Crippen molar-refractivity contribution in [1.29, 1.82) is 0 Å². The first-order valence-electron chi connectivity index (χ1n) is 6.71. The van der Waals surface area contributed by atoms with E-state index in [1.54, 1.807) is 12.1 Å². The molecule has 1 rings (SSSR count). The predicted octanol–water partition coefficient (Wildman–Crippen LogP) is 2.49. The standard InChI is InChI=1S/C15H22N2O2/c1-4-13(5-2)17-15(19)10-12-6-8-14(9-7-12)16-11(3)18/h6-9,13H,4-5,10H2,1-3H3,(H,16,18)(H,17,19). The van der Waals surface area contributed by atoms with Crippen LogP contribution in [0.25, 0.3) is 0 Å². The van der Waals surface area contributed by atoms with Crippen LogP contribution in [0.1, 0.15) is 39.2 Å². The molecule has 0 fully saturated rings. The summed E-state index contributed by atoms with van der Waals surface area (Å²) < 4.78 is 0. The highest BCUT2D eigenvalue weighted by Crippen LogP contribution is 2.10. The summed E-state index contributed by atoms with van der Waals surface area (Å²) in [4.78, 5) is 22.7. The van der Waals surface area contributed by atoms with Gasteiger partial charge in [-0.25, -0.2) is 0 Å². The minimum absolute atomic E-state index is 0.0426. The molecule has 4 heteroatoms. The van der Waals surface area contributed by atoms with E-state index in [4.69, 9.17) is 0 Å². The van der Waals surface area contributed by atoms with Gasteiger partial charge in [-0.15, -0.1) is 0 Å². The quantitative estimate of drug-likeness (QED) is 0.827. The summed E-state index contributed by atoms with van der Waals surface area (Å²) in [5, 5.41) is 5.70. The number of benzene rings is 1. The zero-order chi connectivity index (χ0) is 14.3. The minimum Gasteiger partial charge on any atom is -0.353 e. The number of hydrogen-bond acceptors (Lipinski definition) is 2. The lowest BCUT2D eigenvalue weighted by Gasteiger charge is -2.14. The first-order valence-corrected chi connectivity index (χ1v) is 6.71. The van der Waals surface area contributed by atoms with Crippen LogP contribution in [0.5, 0.6) is 0 Å². The second kappa shape index (κ2) is 7.56. The van der Waals surface area contributed by atoms with Crippen molar-refractivity contribution in [3.8, 4) is 0 Å². The third-order valence-electron chi connectivity index (χ3n) is 2.99. The molecule has 0 aliphatic carbocycles. The van der Waals surface area contributed by atoms with Gasteiger partial charge in [0.1, 0.15) is 0 Å². The van der Waals surface area contributed by atoms with Gasteiger partial charge >= 0.3 is 0 Å². The first-order chi connectivity index (χ1) is 9.05. The summed E-state index contributed by atoms with van der Waals surface area (Å²) in [6.07, 6.45) is 2.27. The smallest absolute Gasteiger partial charge is 0.224 e. The maximum Gasteiger partial charge on any atom is 0.224 e. The van der Waals surface area contributed by atoms with Gasteiger partial charge in [0.15, 0.2) is 0 Å². The number of carbonyl (C=O) groups is 2. The van der Waals surface area contributed by atoms with E-state index in [1.807, 2.05) is 12.1 Å². The maximum absolute atomic E-state index is 11.8. The fourth-order valence-electron chi connectivity index (χ4n) is 1.87. The van der Waals surface area contributed by atoms with Crippen LogP contribution < -0.4 is 10.6 Å². The highest BCUT2D eigenvalue weighted by Gasteiger charge is 2.08. The summed E-state index contributed by atoms with van der Waals surface area (Å²) in [5.41, 5.74) is 1.69. The van der Waals surface area contributed by atoms with Crippen LogP contribution in [0.4, 0.5) is 5.69 Å². The summed E-state index contributed by atoms with van der Waals surface area (Å²) in [7, 11) is 0. The van der Waals surface area contributed by atoms with Crippen molar-refractivity contribution in [1.82, 2.24) is 5.32 Å². The van der Waals surface area contributed by atoms with E-state index in [0.29, 0.717) is 6.42 Å². The van der Waals surface area contributed by atoms with E-state index in [1.165, 1.54) is 6.92 Å². The first kappa shape index (κ1) is 15.2. The average Bonchev–Trinajstić information content (AvgIpc) is 2.37. The number of amides is 2. The fourth-order valence-corrected chi connectivity index (χ4v) is 1.87. The van der Waals surface area contributed by atoms with Crippen LogP contribution in [0.15, 0.2) is 24.3 Å². The second-order valence-corrected chi connectivity index (χ2v) is 4.64. The van der Waals surface area contributed by atoms with Gasteiger partial charge in [-0.2, -0.15) is 0 Å². The molecule has 0 aromatic heterocycles. The lowest BCUT2D eigenvalue weighted by molar-refractivity contribution is -0.121. The molecule has 0 radical (unpaired) electrons. The lowest BCUT2D eigenvalue weighted by atomic mass is 10.1. The Bertz CT molecular complexity index is 422. The van der Waals surface area contributed by atoms with Crippen molar-refractivity contribution >= 4 is 17.5 Å². The molecule has 0 bridgehead atoms. The van der Waals surface area contributed by atoms with Crippen LogP contribution in [0.3, 0.4) is 0 Å². The molecule has 0 spiro atoms. The molecule has 0 saturated heterocycles. The number of hydrogen-bond donors (Lipinski definition) is 2. The van der Waals surface area contributed by atoms with Crippen molar-refractivity contribution < 1.29 is 9.59 Å². The fraction of sp³-hybridized carbons (Fsp3) is 0.467. The summed E-state index contributed by atoms with van der Waals surface area (Å²) in [5.74, 6) is -0.0554. The molecule has 0 unspecified atom stereocenters. The van der Waals surface area contributed by atoms with E-state index in [2.05, 4.69) is 24.5 Å². The second-order valence-electron chi connectivity index (χ2n) is 4.64. The topological polar surface area (TPSA) is 58.2 Å². The lowest BCUT2D eigenvalue weighted by Crippen LogP contribution is -2.34. The summed E-state index contributed by atoms with van der Waals surface area (Å²) in [6, 6.07) is 7.59. The van der Waals surface area contributed by atoms with Gasteiger partial charge in [0.25, 0.3) is 0 Å². The number of rotatable bonds is 6. The normalized spacial score (nSPS) is 10.3. The molecular formula is C15H22N2O2. The molecule has 19 heavy (non-hydrogen) atoms. The molecule has 4 nitrogen and oxygen atoms in total. The Hall–Kier alpha value is -1.84. The van der Waals surface area contributed by atoms with Gasteiger partial charge in [0.05, 0.1) is 6.42 Å². The molecule has 104 valence electrons. The minimum atomic E-state index is -0.0979. The van der Waals surface area contributed by atoms with Gasteiger partial charge < -0.3 is 10.6 Å². The van der Waals surface area contributed by atoms with E-state index in [9.17, 15) is 9.59 Å². The molecule has 0 saturated carbocycles. The van der Waals surface area contributed by atoms with Gasteiger partial charge in [0, 0.05) is 18.7 Å². The zero-order valence-corrected chi connectivity index (χ0v) is 11.8. The Labute approximate surface area is 114 Å². The van der Waals surface area contributed by atoms with E-state index >= 15 is 0 Å². The molecule has 0 aliphatic heterocycles. The Kier molecular flexibility index (Phi) is 6.06. The third kappa shape index (κ3) is 5.55. The molecule has 2 N–H and O–H groups in total. The average molecular weight is 262 g/mol. The molecule has 0 atom stereocenters. The molecule has 2 amide bonds. The Morgan fingerprint density at radius 3 is 2.16 bits per heavy atom. The summed E-state index contributed by atoms with van der Waals surface area (Å²) in [6.45, 7) is 5.60. The molecule has 0 aliphatic rings. The van der Waals surface area contributed by atoms with Crippen molar-refractivity contribution in [2.24, 2.45) is 0 Å².